The van der Waals surface area contributed by atoms with Crippen LogP contribution < -0.4 is 10.1 Å². The van der Waals surface area contributed by atoms with Gasteiger partial charge in [-0.2, -0.15) is 0 Å². The lowest BCUT2D eigenvalue weighted by Gasteiger charge is -2.14. The molecule has 0 aliphatic carbocycles. The molecule has 0 heterocycles. The van der Waals surface area contributed by atoms with Gasteiger partial charge in [0.05, 0.1) is 5.02 Å². The molecule has 2 nitrogen and oxygen atoms in total. The van der Waals surface area contributed by atoms with E-state index in [0.717, 1.165) is 6.07 Å². The molecule has 0 aliphatic heterocycles. The van der Waals surface area contributed by atoms with E-state index in [4.69, 9.17) is 11.6 Å². The summed E-state index contributed by atoms with van der Waals surface area (Å²) in [6.45, 7) is 0.0489. The standard InChI is InChI=1S/C14H10ClF4NO/c15-11-6-5-10(7-12(11)16)20-8-9-3-1-2-4-13(9)21-14(17,18)19/h1-7,20H,8H2. The van der Waals surface area contributed by atoms with Crippen LogP contribution in [0, 0.1) is 5.82 Å². The van der Waals surface area contributed by atoms with Crippen LogP contribution in [0.2, 0.25) is 5.02 Å². The van der Waals surface area contributed by atoms with Crippen molar-refractivity contribution in [3.63, 3.8) is 0 Å². The maximum atomic E-state index is 13.3. The number of anilines is 1. The van der Waals surface area contributed by atoms with Crippen LogP contribution in [0.3, 0.4) is 0 Å². The van der Waals surface area contributed by atoms with Crippen LogP contribution in [0.15, 0.2) is 42.5 Å². The van der Waals surface area contributed by atoms with Crippen molar-refractivity contribution in [3.8, 4) is 5.75 Å². The minimum atomic E-state index is -4.76. The molecule has 0 fully saturated rings. The second-order valence-corrected chi connectivity index (χ2v) is 4.55. The molecule has 0 radical (unpaired) electrons. The van der Waals surface area contributed by atoms with Crippen molar-refractivity contribution in [1.82, 2.24) is 0 Å². The normalized spacial score (nSPS) is 11.3. The first-order chi connectivity index (χ1) is 9.85. The Labute approximate surface area is 123 Å². The van der Waals surface area contributed by atoms with E-state index in [1.165, 1.54) is 30.3 Å². The summed E-state index contributed by atoms with van der Waals surface area (Å²) in [5.41, 5.74) is 0.698. The molecule has 0 amide bonds. The molecule has 0 aliphatic rings. The van der Waals surface area contributed by atoms with Crippen LogP contribution in [0.1, 0.15) is 5.56 Å². The maximum Gasteiger partial charge on any atom is 0.573 e. The molecule has 7 heteroatoms. The number of para-hydroxylation sites is 1. The van der Waals surface area contributed by atoms with Crippen molar-refractivity contribution < 1.29 is 22.3 Å². The van der Waals surface area contributed by atoms with E-state index in [2.05, 4.69) is 10.1 Å². The topological polar surface area (TPSA) is 21.3 Å². The monoisotopic (exact) mass is 319 g/mol. The Morgan fingerprint density at radius 1 is 1.10 bits per heavy atom. The predicted molar refractivity (Wildman–Crippen MR) is 71.9 cm³/mol. The molecule has 0 spiro atoms. The Balaban J connectivity index is 2.11. The zero-order valence-electron chi connectivity index (χ0n) is 10.5. The van der Waals surface area contributed by atoms with Crippen LogP contribution in [0.4, 0.5) is 23.2 Å². The fraction of sp³-hybridized carbons (Fsp3) is 0.143. The Bertz CT molecular complexity index is 631. The van der Waals surface area contributed by atoms with Gasteiger partial charge in [-0.3, -0.25) is 0 Å². The van der Waals surface area contributed by atoms with Crippen LogP contribution in [-0.4, -0.2) is 6.36 Å². The van der Waals surface area contributed by atoms with Gasteiger partial charge in [0.1, 0.15) is 11.6 Å². The Morgan fingerprint density at radius 2 is 1.81 bits per heavy atom. The molecule has 2 aromatic rings. The third kappa shape index (κ3) is 4.53. The quantitative estimate of drug-likeness (QED) is 0.802. The minimum Gasteiger partial charge on any atom is -0.405 e. The first kappa shape index (κ1) is 15.4. The number of hydrogen-bond donors (Lipinski definition) is 1. The van der Waals surface area contributed by atoms with Crippen molar-refractivity contribution in [2.45, 2.75) is 12.9 Å². The number of alkyl halides is 3. The van der Waals surface area contributed by atoms with Gasteiger partial charge in [-0.15, -0.1) is 13.2 Å². The average molecular weight is 320 g/mol. The number of benzene rings is 2. The second kappa shape index (κ2) is 6.22. The predicted octanol–water partition coefficient (Wildman–Crippen LogP) is 4.99. The lowest BCUT2D eigenvalue weighted by atomic mass is 10.2. The molecule has 21 heavy (non-hydrogen) atoms. The molecule has 1 N–H and O–H groups in total. The summed E-state index contributed by atoms with van der Waals surface area (Å²) in [5, 5.41) is 2.78. The lowest BCUT2D eigenvalue weighted by Crippen LogP contribution is -2.18. The number of hydrogen-bond acceptors (Lipinski definition) is 2. The molecule has 2 rings (SSSR count). The molecular formula is C14H10ClF4NO. The highest BCUT2D eigenvalue weighted by atomic mass is 35.5. The van der Waals surface area contributed by atoms with Crippen molar-refractivity contribution in [2.24, 2.45) is 0 Å². The fourth-order valence-electron chi connectivity index (χ4n) is 1.68. The highest BCUT2D eigenvalue weighted by molar-refractivity contribution is 6.30. The largest absolute Gasteiger partial charge is 0.573 e. The molecule has 0 saturated carbocycles. The number of nitrogens with one attached hydrogen (secondary N) is 1. The zero-order valence-corrected chi connectivity index (χ0v) is 11.3. The van der Waals surface area contributed by atoms with E-state index >= 15 is 0 Å². The van der Waals surface area contributed by atoms with E-state index in [-0.39, 0.29) is 17.3 Å². The highest BCUT2D eigenvalue weighted by Crippen LogP contribution is 2.27. The van der Waals surface area contributed by atoms with Crippen molar-refractivity contribution in [3.05, 3.63) is 58.9 Å². The molecular weight excluding hydrogens is 310 g/mol. The highest BCUT2D eigenvalue weighted by Gasteiger charge is 2.31. The van der Waals surface area contributed by atoms with Crippen LogP contribution in [0.5, 0.6) is 5.75 Å². The summed E-state index contributed by atoms with van der Waals surface area (Å²) >= 11 is 5.55. The molecule has 2 aromatic carbocycles. The third-order valence-corrected chi connectivity index (χ3v) is 2.91. The molecule has 0 saturated heterocycles. The first-order valence-corrected chi connectivity index (χ1v) is 6.25. The minimum absolute atomic E-state index is 0.0265. The lowest BCUT2D eigenvalue weighted by molar-refractivity contribution is -0.274. The van der Waals surface area contributed by atoms with Crippen molar-refractivity contribution >= 4 is 17.3 Å². The summed E-state index contributed by atoms with van der Waals surface area (Å²) in [6, 6.07) is 9.77. The summed E-state index contributed by atoms with van der Waals surface area (Å²) in [4.78, 5) is 0. The van der Waals surface area contributed by atoms with E-state index in [0.29, 0.717) is 11.3 Å². The summed E-state index contributed by atoms with van der Waals surface area (Å²) in [6.07, 6.45) is -4.76. The summed E-state index contributed by atoms with van der Waals surface area (Å²) in [7, 11) is 0. The summed E-state index contributed by atoms with van der Waals surface area (Å²) in [5.74, 6) is -0.909. The van der Waals surface area contributed by atoms with E-state index in [1.54, 1.807) is 6.07 Å². The maximum absolute atomic E-state index is 13.3. The van der Waals surface area contributed by atoms with Gasteiger partial charge >= 0.3 is 6.36 Å². The van der Waals surface area contributed by atoms with Gasteiger partial charge in [0.15, 0.2) is 0 Å². The van der Waals surface area contributed by atoms with Gasteiger partial charge in [0, 0.05) is 17.8 Å². The number of rotatable bonds is 4. The van der Waals surface area contributed by atoms with Crippen molar-refractivity contribution in [2.75, 3.05) is 5.32 Å². The SMILES string of the molecule is Fc1cc(NCc2ccccc2OC(F)(F)F)ccc1Cl. The molecule has 0 atom stereocenters. The molecule has 0 unspecified atom stereocenters. The Kier molecular flexibility index (Phi) is 4.57. The average Bonchev–Trinajstić information content (AvgIpc) is 2.40. The first-order valence-electron chi connectivity index (χ1n) is 5.88. The van der Waals surface area contributed by atoms with Gasteiger partial charge in [-0.05, 0) is 24.3 Å². The van der Waals surface area contributed by atoms with E-state index < -0.39 is 12.2 Å². The Hall–Kier alpha value is -1.95. The molecule has 0 bridgehead atoms. The molecule has 0 aromatic heterocycles. The van der Waals surface area contributed by atoms with Gasteiger partial charge in [0.2, 0.25) is 0 Å². The summed E-state index contributed by atoms with van der Waals surface area (Å²) < 4.78 is 54.0. The Morgan fingerprint density at radius 3 is 2.48 bits per heavy atom. The van der Waals surface area contributed by atoms with Gasteiger partial charge < -0.3 is 10.1 Å². The zero-order chi connectivity index (χ0) is 15.5. The van der Waals surface area contributed by atoms with Gasteiger partial charge in [-0.25, -0.2) is 4.39 Å². The van der Waals surface area contributed by atoms with Crippen LogP contribution in [0.25, 0.3) is 0 Å². The molecule has 112 valence electrons. The number of halogens is 5. The third-order valence-electron chi connectivity index (χ3n) is 2.60. The van der Waals surface area contributed by atoms with Crippen LogP contribution >= 0.6 is 11.6 Å². The second-order valence-electron chi connectivity index (χ2n) is 4.14. The van der Waals surface area contributed by atoms with Crippen LogP contribution in [-0.2, 0) is 6.54 Å². The van der Waals surface area contributed by atoms with E-state index in [9.17, 15) is 17.6 Å². The van der Waals surface area contributed by atoms with E-state index in [1.807, 2.05) is 0 Å². The fourth-order valence-corrected chi connectivity index (χ4v) is 1.80. The van der Waals surface area contributed by atoms with Crippen molar-refractivity contribution in [1.29, 1.82) is 0 Å². The smallest absolute Gasteiger partial charge is 0.405 e. The van der Waals surface area contributed by atoms with Gasteiger partial charge in [0.25, 0.3) is 0 Å². The number of ether oxygens (including phenoxy) is 1. The van der Waals surface area contributed by atoms with Gasteiger partial charge in [-0.1, -0.05) is 29.8 Å².